The minimum atomic E-state index is -4.58. The van der Waals surface area contributed by atoms with Crippen molar-refractivity contribution in [2.75, 3.05) is 39.0 Å². The van der Waals surface area contributed by atoms with Gasteiger partial charge in [-0.05, 0) is 38.1 Å². The topological polar surface area (TPSA) is 69.7 Å². The molecule has 1 aliphatic heterocycles. The highest BCUT2D eigenvalue weighted by Gasteiger charge is 2.39. The first-order valence-corrected chi connectivity index (χ1v) is 9.93. The van der Waals surface area contributed by atoms with Crippen molar-refractivity contribution in [3.63, 3.8) is 0 Å². The second-order valence-electron chi connectivity index (χ2n) is 6.61. The number of halogens is 3. The smallest absolute Gasteiger partial charge is 0.341 e. The van der Waals surface area contributed by atoms with Gasteiger partial charge in [0.2, 0.25) is 15.9 Å². The average Bonchev–Trinajstić information content (AvgIpc) is 3.27. The van der Waals surface area contributed by atoms with Gasteiger partial charge in [-0.3, -0.25) is 4.79 Å². The summed E-state index contributed by atoms with van der Waals surface area (Å²) in [6, 6.07) is -0.718. The Morgan fingerprint density at radius 1 is 1.21 bits per heavy atom. The minimum Gasteiger partial charge on any atom is -0.341 e. The first-order valence-electron chi connectivity index (χ1n) is 8.08. The Morgan fingerprint density at radius 2 is 1.79 bits per heavy atom. The largest absolute Gasteiger partial charge is 0.402 e. The first kappa shape index (κ1) is 19.5. The molecule has 24 heavy (non-hydrogen) atoms. The van der Waals surface area contributed by atoms with E-state index in [1.165, 1.54) is 12.8 Å². The standard InChI is InChI=1S/C14H24F3N3O3S/c1-24(22,23)20(10-14(15,16)17)12-4-6-19(7-5-12)13(21)9-18-8-11-2-3-11/h11-12,18H,2-10H2,1H3. The van der Waals surface area contributed by atoms with Crippen LogP contribution in [0.15, 0.2) is 0 Å². The van der Waals surface area contributed by atoms with Gasteiger partial charge in [-0.2, -0.15) is 17.5 Å². The summed E-state index contributed by atoms with van der Waals surface area (Å²) in [5.74, 6) is 0.574. The van der Waals surface area contributed by atoms with Crippen molar-refractivity contribution < 1.29 is 26.4 Å². The molecule has 10 heteroatoms. The minimum absolute atomic E-state index is 0.0872. The molecule has 2 fully saturated rings. The molecule has 1 amide bonds. The molecule has 0 radical (unpaired) electrons. The molecule has 0 atom stereocenters. The average molecular weight is 371 g/mol. The van der Waals surface area contributed by atoms with E-state index < -0.39 is 28.8 Å². The Hall–Kier alpha value is -0.870. The van der Waals surface area contributed by atoms with E-state index in [-0.39, 0.29) is 38.4 Å². The molecule has 0 aromatic heterocycles. The summed E-state index contributed by atoms with van der Waals surface area (Å²) < 4.78 is 61.7. The quantitative estimate of drug-likeness (QED) is 0.719. The molecular weight excluding hydrogens is 347 g/mol. The summed E-state index contributed by atoms with van der Waals surface area (Å²) in [6.45, 7) is 0.111. The van der Waals surface area contributed by atoms with Crippen LogP contribution in [0.3, 0.4) is 0 Å². The first-order chi connectivity index (χ1) is 11.1. The van der Waals surface area contributed by atoms with E-state index in [2.05, 4.69) is 5.32 Å². The number of amides is 1. The van der Waals surface area contributed by atoms with Crippen molar-refractivity contribution in [2.45, 2.75) is 37.9 Å². The highest BCUT2D eigenvalue weighted by atomic mass is 32.2. The molecular formula is C14H24F3N3O3S. The second-order valence-corrected chi connectivity index (χ2v) is 8.54. The number of carbonyl (C=O) groups excluding carboxylic acids is 1. The van der Waals surface area contributed by atoms with Crippen LogP contribution in [-0.4, -0.2) is 74.7 Å². The molecule has 6 nitrogen and oxygen atoms in total. The number of nitrogens with one attached hydrogen (secondary N) is 1. The van der Waals surface area contributed by atoms with E-state index in [0.29, 0.717) is 10.2 Å². The lowest BCUT2D eigenvalue weighted by Crippen LogP contribution is -2.52. The van der Waals surface area contributed by atoms with Crippen LogP contribution in [0.2, 0.25) is 0 Å². The lowest BCUT2D eigenvalue weighted by molar-refractivity contribution is -0.142. The van der Waals surface area contributed by atoms with Gasteiger partial charge < -0.3 is 10.2 Å². The van der Waals surface area contributed by atoms with Crippen molar-refractivity contribution in [3.8, 4) is 0 Å². The molecule has 1 saturated heterocycles. The third-order valence-corrected chi connectivity index (χ3v) is 5.67. The Bertz CT molecular complexity index is 541. The van der Waals surface area contributed by atoms with E-state index in [1.54, 1.807) is 4.90 Å². The Labute approximate surface area is 140 Å². The predicted octanol–water partition coefficient (Wildman–Crippen LogP) is 0.801. The lowest BCUT2D eigenvalue weighted by Gasteiger charge is -2.37. The molecule has 0 bridgehead atoms. The van der Waals surface area contributed by atoms with Crippen LogP contribution in [-0.2, 0) is 14.8 Å². The zero-order chi connectivity index (χ0) is 18.0. The van der Waals surface area contributed by atoms with Crippen molar-refractivity contribution in [1.82, 2.24) is 14.5 Å². The van der Waals surface area contributed by atoms with Gasteiger partial charge in [0.25, 0.3) is 0 Å². The number of hydrogen-bond donors (Lipinski definition) is 1. The molecule has 0 aromatic carbocycles. The molecule has 1 heterocycles. The van der Waals surface area contributed by atoms with Crippen LogP contribution in [0.1, 0.15) is 25.7 Å². The van der Waals surface area contributed by atoms with Crippen molar-refractivity contribution in [2.24, 2.45) is 5.92 Å². The lowest BCUT2D eigenvalue weighted by atomic mass is 10.0. The van der Waals surface area contributed by atoms with Crippen LogP contribution >= 0.6 is 0 Å². The number of rotatable bonds is 7. The summed E-state index contributed by atoms with van der Waals surface area (Å²) >= 11 is 0. The SMILES string of the molecule is CS(=O)(=O)N(CC(F)(F)F)C1CCN(C(=O)CNCC2CC2)CC1. The molecule has 2 aliphatic rings. The second kappa shape index (κ2) is 7.57. The maximum atomic E-state index is 12.6. The Morgan fingerprint density at radius 3 is 2.25 bits per heavy atom. The summed E-state index contributed by atoms with van der Waals surface area (Å²) in [5, 5.41) is 3.09. The highest BCUT2D eigenvalue weighted by Crippen LogP contribution is 2.27. The van der Waals surface area contributed by atoms with E-state index in [4.69, 9.17) is 0 Å². The van der Waals surface area contributed by atoms with Crippen LogP contribution in [0.5, 0.6) is 0 Å². The van der Waals surface area contributed by atoms with Gasteiger partial charge in [0.1, 0.15) is 6.54 Å². The summed E-state index contributed by atoms with van der Waals surface area (Å²) in [6.07, 6.45) is -0.976. The van der Waals surface area contributed by atoms with Gasteiger partial charge in [-0.25, -0.2) is 8.42 Å². The number of alkyl halides is 3. The van der Waals surface area contributed by atoms with Gasteiger partial charge in [0, 0.05) is 19.1 Å². The summed E-state index contributed by atoms with van der Waals surface area (Å²) in [5.41, 5.74) is 0. The van der Waals surface area contributed by atoms with Gasteiger partial charge in [-0.15, -0.1) is 0 Å². The van der Waals surface area contributed by atoms with Crippen LogP contribution in [0.25, 0.3) is 0 Å². The molecule has 0 spiro atoms. The fourth-order valence-corrected chi connectivity index (χ4v) is 4.05. The number of hydrogen-bond acceptors (Lipinski definition) is 4. The maximum absolute atomic E-state index is 12.6. The monoisotopic (exact) mass is 371 g/mol. The fraction of sp³-hybridized carbons (Fsp3) is 0.929. The normalized spacial score (nSPS) is 20.6. The third-order valence-electron chi connectivity index (χ3n) is 4.39. The van der Waals surface area contributed by atoms with Gasteiger partial charge in [-0.1, -0.05) is 0 Å². The fourth-order valence-electron chi connectivity index (χ4n) is 2.91. The molecule has 1 saturated carbocycles. The molecule has 0 aromatic rings. The van der Waals surface area contributed by atoms with Crippen LogP contribution in [0.4, 0.5) is 13.2 Å². The molecule has 1 N–H and O–H groups in total. The van der Waals surface area contributed by atoms with E-state index >= 15 is 0 Å². The van der Waals surface area contributed by atoms with Crippen molar-refractivity contribution >= 4 is 15.9 Å². The highest BCUT2D eigenvalue weighted by molar-refractivity contribution is 7.88. The number of piperidine rings is 1. The van der Waals surface area contributed by atoms with E-state index in [9.17, 15) is 26.4 Å². The van der Waals surface area contributed by atoms with Crippen LogP contribution < -0.4 is 5.32 Å². The van der Waals surface area contributed by atoms with Crippen molar-refractivity contribution in [1.29, 1.82) is 0 Å². The molecule has 0 unspecified atom stereocenters. The number of sulfonamides is 1. The zero-order valence-electron chi connectivity index (χ0n) is 13.7. The predicted molar refractivity (Wildman–Crippen MR) is 82.8 cm³/mol. The molecule has 140 valence electrons. The number of nitrogens with zero attached hydrogens (tertiary/aromatic N) is 2. The van der Waals surface area contributed by atoms with Crippen LogP contribution in [0, 0.1) is 5.92 Å². The van der Waals surface area contributed by atoms with Gasteiger partial charge >= 0.3 is 6.18 Å². The zero-order valence-corrected chi connectivity index (χ0v) is 14.5. The summed E-state index contributed by atoms with van der Waals surface area (Å²) in [7, 11) is -3.95. The number of carbonyl (C=O) groups is 1. The molecule has 1 aliphatic carbocycles. The third kappa shape index (κ3) is 6.21. The summed E-state index contributed by atoms with van der Waals surface area (Å²) in [4.78, 5) is 13.6. The number of likely N-dealkylation sites (tertiary alicyclic amines) is 1. The van der Waals surface area contributed by atoms with Crippen molar-refractivity contribution in [3.05, 3.63) is 0 Å². The Kier molecular flexibility index (Phi) is 6.14. The Balaban J connectivity index is 1.83. The van der Waals surface area contributed by atoms with Gasteiger partial charge in [0.15, 0.2) is 0 Å². The van der Waals surface area contributed by atoms with E-state index in [1.807, 2.05) is 0 Å². The van der Waals surface area contributed by atoms with E-state index in [0.717, 1.165) is 12.8 Å². The maximum Gasteiger partial charge on any atom is 0.402 e. The molecule has 2 rings (SSSR count). The van der Waals surface area contributed by atoms with Gasteiger partial charge in [0.05, 0.1) is 12.8 Å².